The van der Waals surface area contributed by atoms with E-state index in [-0.39, 0.29) is 0 Å². The van der Waals surface area contributed by atoms with Crippen molar-refractivity contribution in [3.63, 3.8) is 0 Å². The van der Waals surface area contributed by atoms with Gasteiger partial charge in [0.25, 0.3) is 0 Å². The summed E-state index contributed by atoms with van der Waals surface area (Å²) in [5, 5.41) is 18.1. The molecule has 0 spiro atoms. The molecule has 0 aromatic heterocycles. The fourth-order valence-corrected chi connectivity index (χ4v) is 1.59. The number of hydrogen-bond acceptors (Lipinski definition) is 2. The van der Waals surface area contributed by atoms with Crippen LogP contribution in [0.25, 0.3) is 11.1 Å². The highest BCUT2D eigenvalue weighted by atomic mass is 16.3. The summed E-state index contributed by atoms with van der Waals surface area (Å²) in [6.07, 6.45) is -1.05. The van der Waals surface area contributed by atoms with Gasteiger partial charge >= 0.3 is 0 Å². The Hall–Kier alpha value is -2.11. The van der Waals surface area contributed by atoms with E-state index in [1.54, 1.807) is 6.07 Å². The minimum Gasteiger partial charge on any atom is -0.374 e. The largest absolute Gasteiger partial charge is 0.374 e. The van der Waals surface area contributed by atoms with Crippen LogP contribution in [0, 0.1) is 11.3 Å². The molecule has 0 bridgehead atoms. The Labute approximate surface area is 94.4 Å². The summed E-state index contributed by atoms with van der Waals surface area (Å²) in [6, 6.07) is 19.1. The zero-order valence-electron chi connectivity index (χ0n) is 8.67. The van der Waals surface area contributed by atoms with Crippen LogP contribution in [-0.2, 0) is 0 Å². The van der Waals surface area contributed by atoms with Crippen LogP contribution in [0.5, 0.6) is 0 Å². The first-order valence-corrected chi connectivity index (χ1v) is 5.04. The van der Waals surface area contributed by atoms with Gasteiger partial charge in [0, 0.05) is 0 Å². The Morgan fingerprint density at radius 3 is 2.31 bits per heavy atom. The molecule has 1 N–H and O–H groups in total. The van der Waals surface area contributed by atoms with Crippen LogP contribution in [0.2, 0.25) is 0 Å². The summed E-state index contributed by atoms with van der Waals surface area (Å²) in [4.78, 5) is 0. The molecule has 2 aromatic carbocycles. The van der Waals surface area contributed by atoms with Gasteiger partial charge in [-0.2, -0.15) is 5.26 Å². The third-order valence-corrected chi connectivity index (χ3v) is 2.43. The maximum absolute atomic E-state index is 9.44. The number of benzene rings is 2. The van der Waals surface area contributed by atoms with Crippen LogP contribution < -0.4 is 0 Å². The molecule has 0 aliphatic heterocycles. The van der Waals surface area contributed by atoms with E-state index in [4.69, 9.17) is 5.26 Å². The average molecular weight is 209 g/mol. The van der Waals surface area contributed by atoms with Gasteiger partial charge < -0.3 is 5.11 Å². The molecule has 0 radical (unpaired) electrons. The zero-order chi connectivity index (χ0) is 11.4. The van der Waals surface area contributed by atoms with E-state index in [2.05, 4.69) is 0 Å². The third-order valence-electron chi connectivity index (χ3n) is 2.43. The van der Waals surface area contributed by atoms with E-state index in [9.17, 15) is 5.11 Å². The lowest BCUT2D eigenvalue weighted by atomic mass is 10.0. The molecule has 2 heteroatoms. The Kier molecular flexibility index (Phi) is 3.00. The molecule has 0 fully saturated rings. The van der Waals surface area contributed by atoms with Gasteiger partial charge in [0.1, 0.15) is 0 Å². The summed E-state index contributed by atoms with van der Waals surface area (Å²) in [5.74, 6) is 0. The minimum absolute atomic E-state index is 0.629. The first-order valence-electron chi connectivity index (χ1n) is 5.04. The molecule has 1 atom stereocenters. The monoisotopic (exact) mass is 209 g/mol. The second-order valence-electron chi connectivity index (χ2n) is 3.52. The lowest BCUT2D eigenvalue weighted by Crippen LogP contribution is -1.93. The lowest BCUT2D eigenvalue weighted by molar-refractivity contribution is 0.236. The summed E-state index contributed by atoms with van der Waals surface area (Å²) >= 11 is 0. The van der Waals surface area contributed by atoms with Gasteiger partial charge in [-0.1, -0.05) is 48.5 Å². The molecule has 0 aliphatic rings. The van der Waals surface area contributed by atoms with Crippen molar-refractivity contribution in [3.8, 4) is 17.2 Å². The summed E-state index contributed by atoms with van der Waals surface area (Å²) in [7, 11) is 0. The van der Waals surface area contributed by atoms with Gasteiger partial charge in [-0.25, -0.2) is 0 Å². The Balaban J connectivity index is 2.41. The number of nitrogens with zero attached hydrogens (tertiary/aromatic N) is 1. The first-order chi connectivity index (χ1) is 7.81. The quantitative estimate of drug-likeness (QED) is 0.773. The van der Waals surface area contributed by atoms with E-state index in [0.717, 1.165) is 11.1 Å². The van der Waals surface area contributed by atoms with Crippen LogP contribution in [0.4, 0.5) is 0 Å². The fourth-order valence-electron chi connectivity index (χ4n) is 1.59. The fraction of sp³-hybridized carbons (Fsp3) is 0.0714. The summed E-state index contributed by atoms with van der Waals surface area (Å²) in [6.45, 7) is 0. The van der Waals surface area contributed by atoms with Crippen molar-refractivity contribution >= 4 is 0 Å². The second kappa shape index (κ2) is 4.61. The van der Waals surface area contributed by atoms with E-state index in [0.29, 0.717) is 5.56 Å². The molecule has 0 unspecified atom stereocenters. The minimum atomic E-state index is -1.05. The first kappa shape index (κ1) is 10.4. The van der Waals surface area contributed by atoms with E-state index >= 15 is 0 Å². The van der Waals surface area contributed by atoms with Crippen LogP contribution >= 0.6 is 0 Å². The molecule has 0 saturated carbocycles. The molecular formula is C14H11NO. The number of aliphatic hydroxyl groups is 1. The van der Waals surface area contributed by atoms with Crippen molar-refractivity contribution in [3.05, 3.63) is 60.2 Å². The number of aliphatic hydroxyl groups excluding tert-OH is 1. The van der Waals surface area contributed by atoms with Gasteiger partial charge in [-0.15, -0.1) is 0 Å². The van der Waals surface area contributed by atoms with Crippen LogP contribution in [0.15, 0.2) is 54.6 Å². The molecule has 0 aliphatic carbocycles. The molecular weight excluding hydrogens is 198 g/mol. The van der Waals surface area contributed by atoms with Crippen molar-refractivity contribution in [2.45, 2.75) is 6.10 Å². The SMILES string of the molecule is N#C[C@@H](O)c1cccc(-c2ccccc2)c1. The van der Waals surface area contributed by atoms with Crippen LogP contribution in [-0.4, -0.2) is 5.11 Å². The highest BCUT2D eigenvalue weighted by Gasteiger charge is 2.06. The smallest absolute Gasteiger partial charge is 0.165 e. The average Bonchev–Trinajstić information content (AvgIpc) is 2.39. The van der Waals surface area contributed by atoms with Crippen molar-refractivity contribution in [1.82, 2.24) is 0 Å². The second-order valence-corrected chi connectivity index (χ2v) is 3.52. The maximum atomic E-state index is 9.44. The van der Waals surface area contributed by atoms with Gasteiger partial charge in [-0.05, 0) is 22.8 Å². The topological polar surface area (TPSA) is 44.0 Å². The van der Waals surface area contributed by atoms with Gasteiger partial charge in [-0.3, -0.25) is 0 Å². The van der Waals surface area contributed by atoms with Crippen molar-refractivity contribution in [2.75, 3.05) is 0 Å². The van der Waals surface area contributed by atoms with Gasteiger partial charge in [0.05, 0.1) is 6.07 Å². The molecule has 16 heavy (non-hydrogen) atoms. The Morgan fingerprint density at radius 2 is 1.62 bits per heavy atom. The summed E-state index contributed by atoms with van der Waals surface area (Å²) < 4.78 is 0. The predicted molar refractivity (Wildman–Crippen MR) is 62.5 cm³/mol. The number of hydrogen-bond donors (Lipinski definition) is 1. The summed E-state index contributed by atoms with van der Waals surface area (Å²) in [5.41, 5.74) is 2.71. The molecule has 0 amide bonds. The number of nitriles is 1. The predicted octanol–water partition coefficient (Wildman–Crippen LogP) is 2.91. The Bertz CT molecular complexity index is 514. The highest BCUT2D eigenvalue weighted by molar-refractivity contribution is 5.64. The standard InChI is InChI=1S/C14H11NO/c15-10-14(16)13-8-4-7-12(9-13)11-5-2-1-3-6-11/h1-9,14,16H/t14-/m1/s1. The molecule has 0 heterocycles. The number of rotatable bonds is 2. The molecule has 2 nitrogen and oxygen atoms in total. The zero-order valence-corrected chi connectivity index (χ0v) is 8.67. The maximum Gasteiger partial charge on any atom is 0.165 e. The third kappa shape index (κ3) is 2.10. The molecule has 2 aromatic rings. The van der Waals surface area contributed by atoms with Crippen molar-refractivity contribution in [2.24, 2.45) is 0 Å². The highest BCUT2D eigenvalue weighted by Crippen LogP contribution is 2.22. The van der Waals surface area contributed by atoms with Crippen LogP contribution in [0.3, 0.4) is 0 Å². The van der Waals surface area contributed by atoms with Gasteiger partial charge in [0.2, 0.25) is 0 Å². The van der Waals surface area contributed by atoms with E-state index < -0.39 is 6.10 Å². The van der Waals surface area contributed by atoms with E-state index in [1.165, 1.54) is 0 Å². The normalized spacial score (nSPS) is 11.8. The Morgan fingerprint density at radius 1 is 0.938 bits per heavy atom. The molecule has 78 valence electrons. The van der Waals surface area contributed by atoms with Crippen molar-refractivity contribution < 1.29 is 5.11 Å². The molecule has 2 rings (SSSR count). The van der Waals surface area contributed by atoms with Crippen LogP contribution in [0.1, 0.15) is 11.7 Å². The van der Waals surface area contributed by atoms with Gasteiger partial charge in [0.15, 0.2) is 6.10 Å². The lowest BCUT2D eigenvalue weighted by Gasteiger charge is -2.06. The van der Waals surface area contributed by atoms with E-state index in [1.807, 2.05) is 54.6 Å². The van der Waals surface area contributed by atoms with Crippen molar-refractivity contribution in [1.29, 1.82) is 5.26 Å². The molecule has 0 saturated heterocycles.